The van der Waals surface area contributed by atoms with E-state index in [1.807, 2.05) is 6.92 Å². The van der Waals surface area contributed by atoms with Gasteiger partial charge in [-0.05, 0) is 31.1 Å². The lowest BCUT2D eigenvalue weighted by Crippen LogP contribution is -2.55. The average Bonchev–Trinajstić information content (AvgIpc) is 2.52. The van der Waals surface area contributed by atoms with Crippen LogP contribution in [-0.2, 0) is 4.79 Å². The Labute approximate surface area is 111 Å². The lowest BCUT2D eigenvalue weighted by molar-refractivity contribution is -0.146. The van der Waals surface area contributed by atoms with Crippen LogP contribution in [0.1, 0.15) is 52.4 Å². The van der Waals surface area contributed by atoms with Crippen molar-refractivity contribution in [1.29, 1.82) is 0 Å². The van der Waals surface area contributed by atoms with E-state index < -0.39 is 5.97 Å². The Bertz CT molecular complexity index is 286. The van der Waals surface area contributed by atoms with Crippen molar-refractivity contribution in [3.63, 3.8) is 0 Å². The SMILES string of the molecule is CCC1CCCC(N2CC(C(C)C(=O)O)C2)CC1. The van der Waals surface area contributed by atoms with Crippen molar-refractivity contribution in [3.8, 4) is 0 Å². The fraction of sp³-hybridized carbons (Fsp3) is 0.933. The molecule has 1 N–H and O–H groups in total. The van der Waals surface area contributed by atoms with Gasteiger partial charge in [-0.3, -0.25) is 9.69 Å². The monoisotopic (exact) mass is 253 g/mol. The van der Waals surface area contributed by atoms with E-state index in [4.69, 9.17) is 5.11 Å². The second kappa shape index (κ2) is 6.05. The average molecular weight is 253 g/mol. The van der Waals surface area contributed by atoms with Crippen LogP contribution in [0.5, 0.6) is 0 Å². The van der Waals surface area contributed by atoms with Gasteiger partial charge in [0.05, 0.1) is 5.92 Å². The lowest BCUT2D eigenvalue weighted by atomic mass is 9.85. The highest BCUT2D eigenvalue weighted by atomic mass is 16.4. The van der Waals surface area contributed by atoms with E-state index in [9.17, 15) is 4.79 Å². The highest BCUT2D eigenvalue weighted by Crippen LogP contribution is 2.33. The second-order valence-corrected chi connectivity index (χ2v) is 6.28. The molecule has 0 aromatic rings. The molecule has 0 radical (unpaired) electrons. The maximum Gasteiger partial charge on any atom is 0.306 e. The van der Waals surface area contributed by atoms with Crippen LogP contribution in [0.4, 0.5) is 0 Å². The molecule has 2 rings (SSSR count). The Hall–Kier alpha value is -0.570. The second-order valence-electron chi connectivity index (χ2n) is 6.28. The quantitative estimate of drug-likeness (QED) is 0.783. The van der Waals surface area contributed by atoms with E-state index in [0.717, 1.165) is 25.0 Å². The molecule has 2 aliphatic rings. The standard InChI is InChI=1S/C15H27NO2/c1-3-12-5-4-6-14(8-7-12)16-9-13(10-16)11(2)15(17)18/h11-14H,3-10H2,1-2H3,(H,17,18). The minimum Gasteiger partial charge on any atom is -0.481 e. The number of aliphatic carboxylic acids is 1. The Morgan fingerprint density at radius 2 is 2.00 bits per heavy atom. The first-order chi connectivity index (χ1) is 8.61. The topological polar surface area (TPSA) is 40.5 Å². The molecule has 3 atom stereocenters. The molecule has 3 heteroatoms. The van der Waals surface area contributed by atoms with Crippen LogP contribution in [-0.4, -0.2) is 35.1 Å². The Morgan fingerprint density at radius 1 is 1.28 bits per heavy atom. The zero-order chi connectivity index (χ0) is 13.1. The number of carboxylic acids is 1. The van der Waals surface area contributed by atoms with E-state index >= 15 is 0 Å². The predicted molar refractivity (Wildman–Crippen MR) is 72.5 cm³/mol. The van der Waals surface area contributed by atoms with Crippen LogP contribution < -0.4 is 0 Å². The predicted octanol–water partition coefficient (Wildman–Crippen LogP) is 3.00. The Kier molecular flexibility index (Phi) is 4.66. The number of likely N-dealkylation sites (tertiary alicyclic amines) is 1. The number of carbonyl (C=O) groups is 1. The number of hydrogen-bond acceptors (Lipinski definition) is 2. The van der Waals surface area contributed by atoms with Gasteiger partial charge in [-0.2, -0.15) is 0 Å². The number of hydrogen-bond donors (Lipinski definition) is 1. The largest absolute Gasteiger partial charge is 0.481 e. The molecule has 1 aliphatic heterocycles. The molecular formula is C15H27NO2. The summed E-state index contributed by atoms with van der Waals surface area (Å²) in [4.78, 5) is 13.5. The summed E-state index contributed by atoms with van der Waals surface area (Å²) in [6, 6.07) is 0.735. The van der Waals surface area contributed by atoms with Gasteiger partial charge in [0, 0.05) is 19.1 Å². The van der Waals surface area contributed by atoms with Gasteiger partial charge in [-0.25, -0.2) is 0 Å². The molecule has 104 valence electrons. The molecule has 0 aromatic carbocycles. The van der Waals surface area contributed by atoms with Crippen LogP contribution in [0.2, 0.25) is 0 Å². The van der Waals surface area contributed by atoms with Crippen molar-refractivity contribution >= 4 is 5.97 Å². The van der Waals surface area contributed by atoms with E-state index in [0.29, 0.717) is 5.92 Å². The molecule has 1 aliphatic carbocycles. The van der Waals surface area contributed by atoms with Crippen LogP contribution >= 0.6 is 0 Å². The van der Waals surface area contributed by atoms with Gasteiger partial charge in [0.15, 0.2) is 0 Å². The van der Waals surface area contributed by atoms with Crippen molar-refractivity contribution in [3.05, 3.63) is 0 Å². The van der Waals surface area contributed by atoms with Gasteiger partial charge < -0.3 is 5.11 Å². The van der Waals surface area contributed by atoms with Crippen molar-refractivity contribution in [2.45, 2.75) is 58.4 Å². The summed E-state index contributed by atoms with van der Waals surface area (Å²) in [7, 11) is 0. The van der Waals surface area contributed by atoms with Crippen LogP contribution in [0.3, 0.4) is 0 Å². The van der Waals surface area contributed by atoms with Gasteiger partial charge in [-0.15, -0.1) is 0 Å². The third kappa shape index (κ3) is 3.05. The summed E-state index contributed by atoms with van der Waals surface area (Å²) in [6.45, 7) is 6.17. The Balaban J connectivity index is 1.76. The van der Waals surface area contributed by atoms with Crippen molar-refractivity contribution in [2.75, 3.05) is 13.1 Å². The third-order valence-corrected chi connectivity index (χ3v) is 5.19. The first-order valence-electron chi connectivity index (χ1n) is 7.58. The molecule has 1 saturated carbocycles. The van der Waals surface area contributed by atoms with E-state index in [2.05, 4.69) is 11.8 Å². The summed E-state index contributed by atoms with van der Waals surface area (Å²) in [5.41, 5.74) is 0. The number of nitrogens with zero attached hydrogens (tertiary/aromatic N) is 1. The normalized spacial score (nSPS) is 32.6. The molecular weight excluding hydrogens is 226 g/mol. The van der Waals surface area contributed by atoms with Gasteiger partial charge >= 0.3 is 5.97 Å². The highest BCUT2D eigenvalue weighted by Gasteiger charge is 2.38. The van der Waals surface area contributed by atoms with E-state index in [-0.39, 0.29) is 5.92 Å². The molecule has 0 spiro atoms. The third-order valence-electron chi connectivity index (χ3n) is 5.19. The maximum absolute atomic E-state index is 10.9. The molecule has 0 amide bonds. The maximum atomic E-state index is 10.9. The summed E-state index contributed by atoms with van der Waals surface area (Å²) >= 11 is 0. The van der Waals surface area contributed by atoms with Crippen molar-refractivity contribution < 1.29 is 9.90 Å². The summed E-state index contributed by atoms with van der Waals surface area (Å²) in [6.07, 6.45) is 8.11. The first kappa shape index (κ1) is 13.9. The summed E-state index contributed by atoms with van der Waals surface area (Å²) < 4.78 is 0. The summed E-state index contributed by atoms with van der Waals surface area (Å²) in [5, 5.41) is 9.01. The van der Waals surface area contributed by atoms with Gasteiger partial charge in [0.25, 0.3) is 0 Å². The molecule has 0 aromatic heterocycles. The smallest absolute Gasteiger partial charge is 0.306 e. The van der Waals surface area contributed by atoms with E-state index in [1.54, 1.807) is 0 Å². The first-order valence-corrected chi connectivity index (χ1v) is 7.58. The minimum absolute atomic E-state index is 0.171. The van der Waals surface area contributed by atoms with Crippen molar-refractivity contribution in [2.24, 2.45) is 17.8 Å². The molecule has 1 saturated heterocycles. The van der Waals surface area contributed by atoms with Gasteiger partial charge in [0.2, 0.25) is 0 Å². The molecule has 2 fully saturated rings. The van der Waals surface area contributed by atoms with Crippen LogP contribution in [0.15, 0.2) is 0 Å². The van der Waals surface area contributed by atoms with Gasteiger partial charge in [0.1, 0.15) is 0 Å². The van der Waals surface area contributed by atoms with Crippen molar-refractivity contribution in [1.82, 2.24) is 4.90 Å². The van der Waals surface area contributed by atoms with E-state index in [1.165, 1.54) is 38.5 Å². The zero-order valence-corrected chi connectivity index (χ0v) is 11.8. The lowest BCUT2D eigenvalue weighted by Gasteiger charge is -2.46. The fourth-order valence-electron chi connectivity index (χ4n) is 3.50. The highest BCUT2D eigenvalue weighted by molar-refractivity contribution is 5.70. The molecule has 1 heterocycles. The molecule has 18 heavy (non-hydrogen) atoms. The molecule has 0 bridgehead atoms. The van der Waals surface area contributed by atoms with Crippen LogP contribution in [0.25, 0.3) is 0 Å². The number of carboxylic acid groups (broad SMARTS) is 1. The summed E-state index contributed by atoms with van der Waals surface area (Å²) in [5.74, 6) is 0.514. The molecule has 3 unspecified atom stereocenters. The molecule has 3 nitrogen and oxygen atoms in total. The fourth-order valence-corrected chi connectivity index (χ4v) is 3.50. The number of rotatable bonds is 4. The minimum atomic E-state index is -0.633. The Morgan fingerprint density at radius 3 is 2.61 bits per heavy atom. The zero-order valence-electron chi connectivity index (χ0n) is 11.8. The van der Waals surface area contributed by atoms with Crippen LogP contribution in [0, 0.1) is 17.8 Å². The van der Waals surface area contributed by atoms with Gasteiger partial charge in [-0.1, -0.05) is 33.1 Å².